The number of fused-ring (bicyclic) bond motifs is 2. The second-order valence-corrected chi connectivity index (χ2v) is 12.1. The molecule has 14 heteroatoms. The van der Waals surface area contributed by atoms with E-state index in [9.17, 15) is 29.3 Å². The monoisotopic (exact) mass is 600 g/mol. The average Bonchev–Trinajstić information content (AvgIpc) is 3.40. The van der Waals surface area contributed by atoms with Crippen molar-refractivity contribution in [2.45, 2.75) is 22.7 Å². The summed E-state index contributed by atoms with van der Waals surface area (Å²) in [4.78, 5) is 67.5. The quantitative estimate of drug-likeness (QED) is 0.248. The van der Waals surface area contributed by atoms with Gasteiger partial charge in [0.25, 0.3) is 5.69 Å². The molecule has 0 N–H and O–H groups in total. The summed E-state index contributed by atoms with van der Waals surface area (Å²) >= 11 is 8.21. The van der Waals surface area contributed by atoms with Gasteiger partial charge in [-0.15, -0.1) is 0 Å². The van der Waals surface area contributed by atoms with Crippen LogP contribution in [0.5, 0.6) is 0 Å². The van der Waals surface area contributed by atoms with Crippen LogP contribution in [0.2, 0.25) is 5.02 Å². The molecule has 206 valence electrons. The molecule has 3 aromatic rings. The number of morpholine rings is 1. The number of hydrogen-bond acceptors (Lipinski definition) is 9. The topological polar surface area (TPSA) is 132 Å². The van der Waals surface area contributed by atoms with E-state index in [1.54, 1.807) is 29.2 Å². The Morgan fingerprint density at radius 2 is 1.70 bits per heavy atom. The Kier molecular flexibility index (Phi) is 6.98. The number of nitro groups is 1. The first-order valence-electron chi connectivity index (χ1n) is 12.4. The molecule has 3 atom stereocenters. The Labute approximate surface area is 240 Å². The van der Waals surface area contributed by atoms with Gasteiger partial charge in [-0.25, -0.2) is 4.90 Å². The summed E-state index contributed by atoms with van der Waals surface area (Å²) < 4.78 is 6.72. The fourth-order valence-electron chi connectivity index (χ4n) is 5.31. The van der Waals surface area contributed by atoms with E-state index in [0.29, 0.717) is 46.8 Å². The van der Waals surface area contributed by atoms with Gasteiger partial charge in [0.05, 0.1) is 34.8 Å². The molecule has 0 bridgehead atoms. The van der Waals surface area contributed by atoms with Crippen LogP contribution >= 0.6 is 34.7 Å². The molecule has 1 aromatic heterocycles. The zero-order valence-corrected chi connectivity index (χ0v) is 23.1. The van der Waals surface area contributed by atoms with Gasteiger partial charge >= 0.3 is 4.87 Å². The van der Waals surface area contributed by atoms with E-state index in [0.717, 1.165) is 28.0 Å². The third-order valence-corrected chi connectivity index (χ3v) is 10.1. The third-order valence-electron chi connectivity index (χ3n) is 7.25. The zero-order chi connectivity index (χ0) is 28.1. The summed E-state index contributed by atoms with van der Waals surface area (Å²) in [6.45, 7) is 1.53. The van der Waals surface area contributed by atoms with Gasteiger partial charge in [0, 0.05) is 41.0 Å². The molecular formula is C26H21ClN4O7S2. The molecule has 11 nitrogen and oxygen atoms in total. The van der Waals surface area contributed by atoms with Crippen molar-refractivity contribution >= 4 is 63.8 Å². The molecule has 2 saturated heterocycles. The molecule has 2 aromatic carbocycles. The predicted octanol–water partition coefficient (Wildman–Crippen LogP) is 3.13. The van der Waals surface area contributed by atoms with Crippen LogP contribution in [0.1, 0.15) is 16.4 Å². The zero-order valence-electron chi connectivity index (χ0n) is 20.7. The first-order valence-corrected chi connectivity index (χ1v) is 14.5. The number of hydrogen-bond donors (Lipinski definition) is 0. The van der Waals surface area contributed by atoms with Crippen molar-refractivity contribution in [3.8, 4) is 0 Å². The maximum Gasteiger partial charge on any atom is 0.308 e. The second-order valence-electron chi connectivity index (χ2n) is 9.50. The largest absolute Gasteiger partial charge is 0.378 e. The summed E-state index contributed by atoms with van der Waals surface area (Å²) in [6, 6.07) is 12.1. The minimum absolute atomic E-state index is 0.162. The van der Waals surface area contributed by atoms with Crippen molar-refractivity contribution < 1.29 is 24.0 Å². The third kappa shape index (κ3) is 4.52. The molecular weight excluding hydrogens is 580 g/mol. The van der Waals surface area contributed by atoms with Gasteiger partial charge in [0.1, 0.15) is 11.8 Å². The average molecular weight is 601 g/mol. The lowest BCUT2D eigenvalue weighted by molar-refractivity contribution is -0.384. The van der Waals surface area contributed by atoms with E-state index in [4.69, 9.17) is 16.3 Å². The molecule has 0 radical (unpaired) electrons. The maximum atomic E-state index is 13.9. The summed E-state index contributed by atoms with van der Waals surface area (Å²) in [5.41, 5.74) is 0.777. The Morgan fingerprint density at radius 3 is 2.35 bits per heavy atom. The molecule has 40 heavy (non-hydrogen) atoms. The van der Waals surface area contributed by atoms with E-state index in [2.05, 4.69) is 0 Å². The maximum absolute atomic E-state index is 13.9. The standard InChI is InChI=1S/C26H21ClN4O7S2/c27-15-3-1-14(2-4-15)19-20-21(24(34)30(23(20)33)16-5-7-17(8-6-16)31(36)37)39-25-22(19)40-26(35)29(25)13-18(32)28-9-11-38-12-10-28/h1-8,19-21H,9-13H2/t19-,20-,21+/m0/s1. The van der Waals surface area contributed by atoms with E-state index < -0.39 is 33.8 Å². The minimum Gasteiger partial charge on any atom is -0.378 e. The number of carbonyl (C=O) groups is 3. The smallest absolute Gasteiger partial charge is 0.308 e. The molecule has 3 aliphatic heterocycles. The number of imide groups is 1. The molecule has 4 heterocycles. The van der Waals surface area contributed by atoms with Crippen molar-refractivity contribution in [3.63, 3.8) is 0 Å². The molecule has 6 rings (SSSR count). The second kappa shape index (κ2) is 10.5. The number of anilines is 1. The van der Waals surface area contributed by atoms with E-state index in [1.807, 2.05) is 0 Å². The van der Waals surface area contributed by atoms with Crippen molar-refractivity contribution in [2.24, 2.45) is 5.92 Å². The van der Waals surface area contributed by atoms with Crippen molar-refractivity contribution in [3.05, 3.63) is 83.8 Å². The number of amides is 3. The number of thioether (sulfide) groups is 1. The Hall–Kier alpha value is -3.52. The minimum atomic E-state index is -0.866. The number of carbonyl (C=O) groups excluding carboxylic acids is 3. The van der Waals surface area contributed by atoms with Crippen LogP contribution in [-0.4, -0.2) is 63.7 Å². The van der Waals surface area contributed by atoms with E-state index in [-0.39, 0.29) is 28.7 Å². The van der Waals surface area contributed by atoms with E-state index >= 15 is 0 Å². The number of thiazole rings is 1. The highest BCUT2D eigenvalue weighted by molar-refractivity contribution is 8.00. The predicted molar refractivity (Wildman–Crippen MR) is 148 cm³/mol. The number of halogens is 1. The van der Waals surface area contributed by atoms with Gasteiger partial charge in [-0.05, 0) is 29.8 Å². The highest BCUT2D eigenvalue weighted by Crippen LogP contribution is 2.54. The van der Waals surface area contributed by atoms with Gasteiger partial charge in [-0.3, -0.25) is 33.9 Å². The van der Waals surface area contributed by atoms with Gasteiger partial charge < -0.3 is 9.64 Å². The van der Waals surface area contributed by atoms with Crippen LogP contribution in [0.15, 0.2) is 58.4 Å². The number of nitrogens with zero attached hydrogens (tertiary/aromatic N) is 4. The summed E-state index contributed by atoms with van der Waals surface area (Å²) in [5, 5.41) is 11.2. The Bertz CT molecular complexity index is 1580. The summed E-state index contributed by atoms with van der Waals surface area (Å²) in [5.74, 6) is -2.63. The lowest BCUT2D eigenvalue weighted by atomic mass is 9.83. The molecule has 3 aliphatic rings. The van der Waals surface area contributed by atoms with Gasteiger partial charge in [0.2, 0.25) is 17.7 Å². The molecule has 0 saturated carbocycles. The molecule has 0 aliphatic carbocycles. The lowest BCUT2D eigenvalue weighted by Gasteiger charge is -2.31. The number of rotatable bonds is 5. The number of benzene rings is 2. The first-order chi connectivity index (χ1) is 19.2. The van der Waals surface area contributed by atoms with Crippen LogP contribution in [0, 0.1) is 16.0 Å². The first kappa shape index (κ1) is 26.7. The van der Waals surface area contributed by atoms with Crippen LogP contribution in [0.3, 0.4) is 0 Å². The number of aromatic nitrogens is 1. The van der Waals surface area contributed by atoms with Crippen LogP contribution in [0.25, 0.3) is 0 Å². The van der Waals surface area contributed by atoms with Gasteiger partial charge in [-0.2, -0.15) is 0 Å². The van der Waals surface area contributed by atoms with Crippen LogP contribution in [-0.2, 0) is 25.7 Å². The normalized spacial score (nSPS) is 22.3. The van der Waals surface area contributed by atoms with Crippen molar-refractivity contribution in [1.82, 2.24) is 9.47 Å². The number of non-ortho nitro benzene ring substituents is 1. The molecule has 2 fully saturated rings. The van der Waals surface area contributed by atoms with Crippen molar-refractivity contribution in [1.29, 1.82) is 0 Å². The summed E-state index contributed by atoms with van der Waals surface area (Å²) in [7, 11) is 0. The fourth-order valence-corrected chi connectivity index (χ4v) is 8.21. The summed E-state index contributed by atoms with van der Waals surface area (Å²) in [6.07, 6.45) is 0. The number of ether oxygens (including phenoxy) is 1. The fraction of sp³-hybridized carbons (Fsp3) is 0.308. The van der Waals surface area contributed by atoms with Gasteiger partial charge in [-0.1, -0.05) is 46.8 Å². The Morgan fingerprint density at radius 1 is 1.02 bits per heavy atom. The highest BCUT2D eigenvalue weighted by atomic mass is 35.5. The number of nitro benzene ring substituents is 1. The Balaban J connectivity index is 1.41. The lowest BCUT2D eigenvalue weighted by Crippen LogP contribution is -2.43. The molecule has 3 amide bonds. The van der Waals surface area contributed by atoms with Gasteiger partial charge in [0.15, 0.2) is 0 Å². The van der Waals surface area contributed by atoms with Crippen LogP contribution in [0.4, 0.5) is 11.4 Å². The van der Waals surface area contributed by atoms with Crippen molar-refractivity contribution in [2.75, 3.05) is 31.2 Å². The molecule has 0 spiro atoms. The SMILES string of the molecule is O=C(Cn1c2c(sc1=O)[C@@H](c1ccc(Cl)cc1)[C@@H]1C(=O)N(c3ccc([N+](=O)[O-])cc3)C(=O)[C@@H]1S2)N1CCOCC1. The van der Waals surface area contributed by atoms with Crippen LogP contribution < -0.4 is 9.77 Å². The highest BCUT2D eigenvalue weighted by Gasteiger charge is 2.56. The van der Waals surface area contributed by atoms with E-state index in [1.165, 1.54) is 28.8 Å². The molecule has 0 unspecified atom stereocenters.